The number of nitrogens with zero attached hydrogens (tertiary/aromatic N) is 2. The molecule has 0 spiro atoms. The second-order valence-corrected chi connectivity index (χ2v) is 12.4. The molecule has 3 heteroatoms. The molecule has 2 bridgehead atoms. The van der Waals surface area contributed by atoms with Crippen molar-refractivity contribution in [1.29, 1.82) is 0 Å². The summed E-state index contributed by atoms with van der Waals surface area (Å²) in [4.78, 5) is 4.71. The van der Waals surface area contributed by atoms with Gasteiger partial charge in [0, 0.05) is 40.4 Å². The third kappa shape index (κ3) is 3.36. The number of pyridine rings is 2. The minimum absolute atomic E-state index is 0.261. The highest BCUT2D eigenvalue weighted by atomic mass is 16.3. The molecule has 10 rings (SSSR count). The van der Waals surface area contributed by atoms with Crippen molar-refractivity contribution in [1.82, 2.24) is 4.98 Å². The number of rotatable bonds is 2. The van der Waals surface area contributed by atoms with Gasteiger partial charge < -0.3 is 4.42 Å². The highest BCUT2D eigenvalue weighted by molar-refractivity contribution is 6.09. The van der Waals surface area contributed by atoms with Crippen LogP contribution in [-0.4, -0.2) is 4.98 Å². The Hall–Kier alpha value is -5.02. The van der Waals surface area contributed by atoms with Crippen LogP contribution in [-0.2, 0) is 7.05 Å². The lowest BCUT2D eigenvalue weighted by Crippen LogP contribution is -2.30. The number of fused-ring (bicyclic) bond motifs is 3. The van der Waals surface area contributed by atoms with Crippen LogP contribution in [0.3, 0.4) is 0 Å². The standard InChI is InChI=1S/C40H31N2O/c1-22-19-34-32-15-13-23(2)41-40(32)43-39(34)36(24(22)3)35-21-26(17-18-42(35)4)25-14-16-31-33(20-25)38-29-11-7-5-9-27(29)37(31)28-10-6-8-12-30(28)38/h5-21,37-38H,1-4H3/q+1. The minimum atomic E-state index is 0.261. The molecular weight excluding hydrogens is 524 g/mol. The van der Waals surface area contributed by atoms with E-state index in [0.717, 1.165) is 33.3 Å². The van der Waals surface area contributed by atoms with E-state index in [1.165, 1.54) is 55.6 Å². The summed E-state index contributed by atoms with van der Waals surface area (Å²) in [6.45, 7) is 6.40. The highest BCUT2D eigenvalue weighted by Crippen LogP contribution is 2.56. The van der Waals surface area contributed by atoms with Crippen molar-refractivity contribution >= 4 is 22.1 Å². The topological polar surface area (TPSA) is 29.9 Å². The molecule has 206 valence electrons. The Bertz CT molecular complexity index is 2260. The van der Waals surface area contributed by atoms with E-state index in [1.54, 1.807) is 0 Å². The largest absolute Gasteiger partial charge is 0.437 e. The van der Waals surface area contributed by atoms with E-state index in [1.807, 2.05) is 6.92 Å². The molecule has 0 fully saturated rings. The van der Waals surface area contributed by atoms with Crippen LogP contribution in [0.2, 0.25) is 0 Å². The van der Waals surface area contributed by atoms with Crippen LogP contribution in [0.25, 0.3) is 44.5 Å². The first-order chi connectivity index (χ1) is 21.0. The molecular formula is C40H31N2O+. The Labute approximate surface area is 251 Å². The molecule has 43 heavy (non-hydrogen) atoms. The highest BCUT2D eigenvalue weighted by Gasteiger charge is 2.41. The normalized spacial score (nSPS) is 16.4. The summed E-state index contributed by atoms with van der Waals surface area (Å²) in [6, 6.07) is 36.2. The molecule has 3 heterocycles. The minimum Gasteiger partial charge on any atom is -0.437 e. The van der Waals surface area contributed by atoms with E-state index >= 15 is 0 Å². The van der Waals surface area contributed by atoms with Gasteiger partial charge in [-0.1, -0.05) is 60.7 Å². The number of aromatic nitrogens is 2. The Morgan fingerprint density at radius 1 is 0.628 bits per heavy atom. The average Bonchev–Trinajstić information content (AvgIpc) is 3.38. The fourth-order valence-corrected chi connectivity index (χ4v) is 7.76. The molecule has 0 atom stereocenters. The summed E-state index contributed by atoms with van der Waals surface area (Å²) >= 11 is 0. The molecule has 3 aliphatic carbocycles. The van der Waals surface area contributed by atoms with Crippen LogP contribution in [0.5, 0.6) is 0 Å². The molecule has 0 aliphatic heterocycles. The summed E-state index contributed by atoms with van der Waals surface area (Å²) in [6.07, 6.45) is 2.18. The Kier molecular flexibility index (Phi) is 5.00. The first kappa shape index (κ1) is 24.6. The van der Waals surface area contributed by atoms with Gasteiger partial charge in [0.25, 0.3) is 0 Å². The average molecular weight is 556 g/mol. The third-order valence-electron chi connectivity index (χ3n) is 9.97. The molecule has 0 saturated heterocycles. The van der Waals surface area contributed by atoms with Crippen molar-refractivity contribution in [3.05, 3.63) is 153 Å². The Morgan fingerprint density at radius 2 is 1.26 bits per heavy atom. The second-order valence-electron chi connectivity index (χ2n) is 12.4. The van der Waals surface area contributed by atoms with E-state index in [9.17, 15) is 0 Å². The van der Waals surface area contributed by atoms with Crippen molar-refractivity contribution in [2.24, 2.45) is 7.05 Å². The number of furan rings is 1. The summed E-state index contributed by atoms with van der Waals surface area (Å²) in [5, 5.41) is 2.18. The fraction of sp³-hybridized carbons (Fsp3) is 0.150. The first-order valence-corrected chi connectivity index (χ1v) is 15.1. The summed E-state index contributed by atoms with van der Waals surface area (Å²) in [7, 11) is 2.12. The van der Waals surface area contributed by atoms with E-state index in [4.69, 9.17) is 9.40 Å². The fourth-order valence-electron chi connectivity index (χ4n) is 7.76. The lowest BCUT2D eigenvalue weighted by molar-refractivity contribution is -0.660. The predicted octanol–water partition coefficient (Wildman–Crippen LogP) is 9.05. The Morgan fingerprint density at radius 3 is 1.95 bits per heavy atom. The van der Waals surface area contributed by atoms with Crippen LogP contribution in [0.4, 0.5) is 0 Å². The second kappa shape index (κ2) is 8.75. The van der Waals surface area contributed by atoms with Gasteiger partial charge in [0.15, 0.2) is 11.8 Å². The first-order valence-electron chi connectivity index (χ1n) is 15.1. The smallest absolute Gasteiger partial charge is 0.227 e. The van der Waals surface area contributed by atoms with Gasteiger partial charge in [-0.3, -0.25) is 0 Å². The molecule has 7 aromatic rings. The third-order valence-corrected chi connectivity index (χ3v) is 9.97. The number of aryl methyl sites for hydroxylation is 3. The summed E-state index contributed by atoms with van der Waals surface area (Å²) < 4.78 is 8.72. The number of hydrogen-bond acceptors (Lipinski definition) is 2. The zero-order valence-electron chi connectivity index (χ0n) is 24.8. The monoisotopic (exact) mass is 555 g/mol. The lowest BCUT2D eigenvalue weighted by Gasteiger charge is -2.42. The predicted molar refractivity (Wildman–Crippen MR) is 173 cm³/mol. The number of hydrogen-bond donors (Lipinski definition) is 0. The molecule has 0 N–H and O–H groups in total. The van der Waals surface area contributed by atoms with Crippen molar-refractivity contribution in [3.63, 3.8) is 0 Å². The maximum atomic E-state index is 6.51. The van der Waals surface area contributed by atoms with E-state index in [-0.39, 0.29) is 5.92 Å². The zero-order valence-corrected chi connectivity index (χ0v) is 24.8. The van der Waals surface area contributed by atoms with Crippen LogP contribution >= 0.6 is 0 Å². The van der Waals surface area contributed by atoms with E-state index in [0.29, 0.717) is 11.6 Å². The van der Waals surface area contributed by atoms with Gasteiger partial charge in [-0.2, -0.15) is 0 Å². The van der Waals surface area contributed by atoms with Crippen LogP contribution in [0.1, 0.15) is 62.0 Å². The zero-order chi connectivity index (χ0) is 29.0. The van der Waals surface area contributed by atoms with Crippen molar-refractivity contribution in [2.75, 3.05) is 0 Å². The summed E-state index contributed by atoms with van der Waals surface area (Å²) in [5.74, 6) is 0.552. The van der Waals surface area contributed by atoms with Crippen molar-refractivity contribution in [2.45, 2.75) is 32.6 Å². The van der Waals surface area contributed by atoms with Crippen LogP contribution in [0, 0.1) is 20.8 Å². The van der Waals surface area contributed by atoms with Gasteiger partial charge in [-0.05, 0) is 101 Å². The summed E-state index contributed by atoms with van der Waals surface area (Å²) in [5.41, 5.74) is 18.4. The van der Waals surface area contributed by atoms with Gasteiger partial charge in [0.05, 0.1) is 5.56 Å². The molecule has 3 aromatic heterocycles. The molecule has 0 unspecified atom stereocenters. The maximum absolute atomic E-state index is 6.51. The quantitative estimate of drug-likeness (QED) is 0.199. The molecule has 0 amide bonds. The molecule has 0 radical (unpaired) electrons. The molecule has 0 saturated carbocycles. The molecule has 4 aromatic carbocycles. The maximum Gasteiger partial charge on any atom is 0.227 e. The van der Waals surface area contributed by atoms with Gasteiger partial charge in [-0.25, -0.2) is 9.55 Å². The van der Waals surface area contributed by atoms with E-state index in [2.05, 4.69) is 129 Å². The van der Waals surface area contributed by atoms with Gasteiger partial charge in [0.2, 0.25) is 11.4 Å². The lowest BCUT2D eigenvalue weighted by atomic mass is 9.61. The Balaban J connectivity index is 1.23. The van der Waals surface area contributed by atoms with Gasteiger partial charge in [-0.15, -0.1) is 0 Å². The van der Waals surface area contributed by atoms with Crippen molar-refractivity contribution in [3.8, 4) is 22.4 Å². The number of benzene rings is 4. The SMILES string of the molecule is Cc1ccc2c(n1)oc1c(-c3cc(-c4ccc5c(c4)C4c6ccccc6C5c5ccccc54)cc[n+]3C)c(C)c(C)cc12. The van der Waals surface area contributed by atoms with Gasteiger partial charge >= 0.3 is 0 Å². The molecule has 3 aliphatic rings. The molecule has 3 nitrogen and oxygen atoms in total. The van der Waals surface area contributed by atoms with Gasteiger partial charge in [0.1, 0.15) is 7.05 Å². The van der Waals surface area contributed by atoms with Crippen LogP contribution in [0.15, 0.2) is 108 Å². The van der Waals surface area contributed by atoms with Crippen LogP contribution < -0.4 is 4.57 Å². The van der Waals surface area contributed by atoms with E-state index < -0.39 is 0 Å². The van der Waals surface area contributed by atoms with Crippen molar-refractivity contribution < 1.29 is 8.98 Å².